The van der Waals surface area contributed by atoms with Gasteiger partial charge < -0.3 is 10.4 Å². The van der Waals surface area contributed by atoms with Crippen LogP contribution < -0.4 is 5.32 Å². The van der Waals surface area contributed by atoms with Crippen molar-refractivity contribution in [2.45, 2.75) is 32.7 Å². The van der Waals surface area contributed by atoms with Crippen LogP contribution in [-0.2, 0) is 17.8 Å². The molecule has 29 heavy (non-hydrogen) atoms. The average molecular weight is 412 g/mol. The highest BCUT2D eigenvalue weighted by molar-refractivity contribution is 7.09. The zero-order valence-electron chi connectivity index (χ0n) is 15.8. The summed E-state index contributed by atoms with van der Waals surface area (Å²) >= 11 is 1.54. The molecule has 1 unspecified atom stereocenters. The SMILES string of the molecule is Cc1csc(CNC(=O)C(Cc2cn(-c3cncc(C(=O)O)c3)nn2)C2CC2)n1. The van der Waals surface area contributed by atoms with Gasteiger partial charge in [-0.05, 0) is 31.7 Å². The molecular weight excluding hydrogens is 392 g/mol. The van der Waals surface area contributed by atoms with Gasteiger partial charge in [-0.2, -0.15) is 0 Å². The van der Waals surface area contributed by atoms with Crippen molar-refractivity contribution in [1.82, 2.24) is 30.3 Å². The molecule has 1 aliphatic carbocycles. The third-order valence-corrected chi connectivity index (χ3v) is 5.78. The number of hydrogen-bond donors (Lipinski definition) is 2. The van der Waals surface area contributed by atoms with Gasteiger partial charge in [-0.1, -0.05) is 5.21 Å². The molecule has 0 aliphatic heterocycles. The van der Waals surface area contributed by atoms with E-state index in [0.29, 0.717) is 30.3 Å². The predicted molar refractivity (Wildman–Crippen MR) is 105 cm³/mol. The lowest BCUT2D eigenvalue weighted by Crippen LogP contribution is -2.32. The molecular formula is C19H20N6O3S. The molecule has 1 aliphatic rings. The third-order valence-electron chi connectivity index (χ3n) is 4.81. The second-order valence-electron chi connectivity index (χ2n) is 7.14. The lowest BCUT2D eigenvalue weighted by atomic mass is 9.97. The first-order valence-corrected chi connectivity index (χ1v) is 10.2. The minimum Gasteiger partial charge on any atom is -0.478 e. The molecule has 1 atom stereocenters. The molecule has 1 saturated carbocycles. The van der Waals surface area contributed by atoms with Crippen molar-refractivity contribution in [1.29, 1.82) is 0 Å². The molecule has 10 heteroatoms. The molecule has 1 amide bonds. The van der Waals surface area contributed by atoms with Crippen molar-refractivity contribution >= 4 is 23.2 Å². The zero-order chi connectivity index (χ0) is 20.4. The first-order chi connectivity index (χ1) is 14.0. The number of aryl methyl sites for hydroxylation is 1. The van der Waals surface area contributed by atoms with Gasteiger partial charge in [0.15, 0.2) is 0 Å². The summed E-state index contributed by atoms with van der Waals surface area (Å²) in [6.07, 6.45) is 7.07. The number of nitrogens with zero attached hydrogens (tertiary/aromatic N) is 5. The first kappa shape index (κ1) is 19.2. The molecule has 3 heterocycles. The second kappa shape index (κ2) is 8.08. The zero-order valence-corrected chi connectivity index (χ0v) is 16.6. The maximum atomic E-state index is 12.7. The van der Waals surface area contributed by atoms with Gasteiger partial charge in [0.05, 0.1) is 35.9 Å². The van der Waals surface area contributed by atoms with Crippen molar-refractivity contribution < 1.29 is 14.7 Å². The van der Waals surface area contributed by atoms with E-state index in [1.165, 1.54) is 34.5 Å². The fourth-order valence-corrected chi connectivity index (χ4v) is 3.87. The van der Waals surface area contributed by atoms with Crippen molar-refractivity contribution in [3.63, 3.8) is 0 Å². The Morgan fingerprint density at radius 2 is 2.21 bits per heavy atom. The van der Waals surface area contributed by atoms with E-state index in [1.807, 2.05) is 12.3 Å². The molecule has 0 spiro atoms. The van der Waals surface area contributed by atoms with Gasteiger partial charge in [-0.15, -0.1) is 16.4 Å². The molecule has 3 aromatic heterocycles. The van der Waals surface area contributed by atoms with E-state index < -0.39 is 5.97 Å². The Balaban J connectivity index is 1.43. The highest BCUT2D eigenvalue weighted by Gasteiger charge is 2.36. The number of nitrogens with one attached hydrogen (secondary N) is 1. The molecule has 0 saturated heterocycles. The van der Waals surface area contributed by atoms with E-state index in [2.05, 4.69) is 25.6 Å². The minimum atomic E-state index is -1.06. The Morgan fingerprint density at radius 1 is 1.38 bits per heavy atom. The summed E-state index contributed by atoms with van der Waals surface area (Å²) in [6.45, 7) is 2.36. The van der Waals surface area contributed by atoms with Crippen LogP contribution >= 0.6 is 11.3 Å². The van der Waals surface area contributed by atoms with Crippen LogP contribution in [0.15, 0.2) is 30.0 Å². The maximum Gasteiger partial charge on any atom is 0.337 e. The number of pyridine rings is 1. The molecule has 9 nitrogen and oxygen atoms in total. The van der Waals surface area contributed by atoms with Crippen molar-refractivity contribution in [2.75, 3.05) is 0 Å². The van der Waals surface area contributed by atoms with Crippen LogP contribution in [0.2, 0.25) is 0 Å². The number of carboxylic acid groups (broad SMARTS) is 1. The highest BCUT2D eigenvalue weighted by atomic mass is 32.1. The van der Waals surface area contributed by atoms with Gasteiger partial charge in [0.1, 0.15) is 5.01 Å². The number of amides is 1. The fraction of sp³-hybridized carbons (Fsp3) is 0.368. The number of carbonyl (C=O) groups excluding carboxylic acids is 1. The summed E-state index contributed by atoms with van der Waals surface area (Å²) in [5.74, 6) is -0.857. The number of thiazole rings is 1. The van der Waals surface area contributed by atoms with Gasteiger partial charge in [0.2, 0.25) is 5.91 Å². The molecule has 150 valence electrons. The number of rotatable bonds is 8. The highest BCUT2D eigenvalue weighted by Crippen LogP contribution is 2.38. The molecule has 0 aromatic carbocycles. The summed E-state index contributed by atoms with van der Waals surface area (Å²) < 4.78 is 1.48. The molecule has 1 fully saturated rings. The normalized spacial score (nSPS) is 14.5. The van der Waals surface area contributed by atoms with E-state index in [4.69, 9.17) is 5.11 Å². The monoisotopic (exact) mass is 412 g/mol. The lowest BCUT2D eigenvalue weighted by Gasteiger charge is -2.14. The third kappa shape index (κ3) is 4.65. The first-order valence-electron chi connectivity index (χ1n) is 9.28. The Labute approximate surface area is 170 Å². The van der Waals surface area contributed by atoms with Gasteiger partial charge >= 0.3 is 5.97 Å². The Bertz CT molecular complexity index is 1040. The number of aromatic carboxylic acids is 1. The van der Waals surface area contributed by atoms with Crippen LogP contribution in [-0.4, -0.2) is 41.9 Å². The van der Waals surface area contributed by atoms with Crippen LogP contribution in [0.25, 0.3) is 5.69 Å². The Hall–Kier alpha value is -3.14. The number of aromatic nitrogens is 5. The molecule has 0 radical (unpaired) electrons. The van der Waals surface area contributed by atoms with Crippen LogP contribution in [0.3, 0.4) is 0 Å². The second-order valence-corrected chi connectivity index (χ2v) is 8.08. The van der Waals surface area contributed by atoms with Gasteiger partial charge in [-0.25, -0.2) is 14.5 Å². The fourth-order valence-electron chi connectivity index (χ4n) is 3.16. The summed E-state index contributed by atoms with van der Waals surface area (Å²) in [4.78, 5) is 32.2. The smallest absolute Gasteiger partial charge is 0.337 e. The summed E-state index contributed by atoms with van der Waals surface area (Å²) in [7, 11) is 0. The topological polar surface area (TPSA) is 123 Å². The van der Waals surface area contributed by atoms with Crippen LogP contribution in [0.4, 0.5) is 0 Å². The van der Waals surface area contributed by atoms with Gasteiger partial charge in [-0.3, -0.25) is 9.78 Å². The van der Waals surface area contributed by atoms with Crippen LogP contribution in [0.1, 0.15) is 39.6 Å². The minimum absolute atomic E-state index is 0.00412. The average Bonchev–Trinajstić information content (AvgIpc) is 3.29. The molecule has 4 rings (SSSR count). The summed E-state index contributed by atoms with van der Waals surface area (Å²) in [5, 5.41) is 23.2. The Morgan fingerprint density at radius 3 is 2.90 bits per heavy atom. The Kier molecular flexibility index (Phi) is 5.34. The van der Waals surface area contributed by atoms with Crippen molar-refractivity contribution in [3.8, 4) is 5.69 Å². The van der Waals surface area contributed by atoms with E-state index in [1.54, 1.807) is 6.20 Å². The maximum absolute atomic E-state index is 12.7. The van der Waals surface area contributed by atoms with E-state index in [9.17, 15) is 9.59 Å². The van der Waals surface area contributed by atoms with Gasteiger partial charge in [0.25, 0.3) is 0 Å². The number of carboxylic acids is 1. The van der Waals surface area contributed by atoms with Crippen LogP contribution in [0.5, 0.6) is 0 Å². The van der Waals surface area contributed by atoms with E-state index in [-0.39, 0.29) is 17.4 Å². The molecule has 0 bridgehead atoms. The van der Waals surface area contributed by atoms with Gasteiger partial charge in [0, 0.05) is 29.6 Å². The largest absolute Gasteiger partial charge is 0.478 e. The number of hydrogen-bond acceptors (Lipinski definition) is 7. The lowest BCUT2D eigenvalue weighted by molar-refractivity contribution is -0.125. The van der Waals surface area contributed by atoms with Crippen LogP contribution in [0, 0.1) is 18.8 Å². The van der Waals surface area contributed by atoms with E-state index in [0.717, 1.165) is 23.5 Å². The number of carbonyl (C=O) groups is 2. The standard InChI is InChI=1S/C19H20N6O3S/c1-11-10-29-17(22-11)8-21-18(26)16(12-2-3-12)5-14-9-25(24-23-14)15-4-13(19(27)28)6-20-7-15/h4,6-7,9-10,12,16H,2-3,5,8H2,1H3,(H,21,26)(H,27,28). The summed E-state index contributed by atoms with van der Waals surface area (Å²) in [6, 6.07) is 1.48. The molecule has 2 N–H and O–H groups in total. The van der Waals surface area contributed by atoms with Crippen molar-refractivity contribution in [3.05, 3.63) is 52.0 Å². The van der Waals surface area contributed by atoms with E-state index >= 15 is 0 Å². The summed E-state index contributed by atoms with van der Waals surface area (Å²) in [5.41, 5.74) is 2.22. The van der Waals surface area contributed by atoms with Crippen molar-refractivity contribution in [2.24, 2.45) is 11.8 Å². The quantitative estimate of drug-likeness (QED) is 0.580. The predicted octanol–water partition coefficient (Wildman–Crippen LogP) is 2.01. The molecule has 3 aromatic rings.